The van der Waals surface area contributed by atoms with Crippen LogP contribution in [0.25, 0.3) is 0 Å². The number of nitrogens with one attached hydrogen (secondary N) is 1. The van der Waals surface area contributed by atoms with Crippen LogP contribution in [-0.2, 0) is 16.0 Å². The molecule has 0 radical (unpaired) electrons. The Labute approximate surface area is 146 Å². The number of fused-ring (bicyclic) bond motifs is 1. The third kappa shape index (κ3) is 7.13. The molecule has 1 aliphatic heterocycles. The fourth-order valence-electron chi connectivity index (χ4n) is 2.49. The zero-order valence-electron chi connectivity index (χ0n) is 14.3. The monoisotopic (exact) mass is 349 g/mol. The molecule has 25 heavy (non-hydrogen) atoms. The maximum Gasteiger partial charge on any atom is 0.328 e. The Balaban J connectivity index is 0.000000333. The minimum Gasteiger partial charge on any atom is -0.478 e. The van der Waals surface area contributed by atoms with Gasteiger partial charge in [-0.05, 0) is 44.5 Å². The Morgan fingerprint density at radius 2 is 2.00 bits per heavy atom. The average molecular weight is 349 g/mol. The van der Waals surface area contributed by atoms with Crippen molar-refractivity contribution in [1.29, 1.82) is 0 Å². The second-order valence-electron chi connectivity index (χ2n) is 5.66. The van der Waals surface area contributed by atoms with Crippen LogP contribution in [-0.4, -0.2) is 65.1 Å². The topological polar surface area (TPSA) is 120 Å². The molecule has 2 rings (SSSR count). The molecule has 8 heteroatoms. The molecule has 0 spiro atoms. The van der Waals surface area contributed by atoms with Gasteiger partial charge in [-0.1, -0.05) is 0 Å². The maximum absolute atomic E-state index is 12.1. The van der Waals surface area contributed by atoms with Gasteiger partial charge in [0, 0.05) is 31.9 Å². The van der Waals surface area contributed by atoms with Crippen molar-refractivity contribution in [2.45, 2.75) is 12.8 Å². The highest BCUT2D eigenvalue weighted by Gasteiger charge is 2.25. The van der Waals surface area contributed by atoms with Crippen LogP contribution >= 0.6 is 0 Å². The number of hydrogen-bond acceptors (Lipinski definition) is 5. The quantitative estimate of drug-likeness (QED) is 0.668. The maximum atomic E-state index is 12.1. The van der Waals surface area contributed by atoms with Crippen molar-refractivity contribution in [2.24, 2.45) is 5.92 Å². The number of amides is 1. The lowest BCUT2D eigenvalue weighted by atomic mass is 9.98. The number of carboxylic acids is 2. The summed E-state index contributed by atoms with van der Waals surface area (Å²) in [6.07, 6.45) is 4.86. The zero-order chi connectivity index (χ0) is 18.8. The molecule has 3 N–H and O–H groups in total. The first-order valence-electron chi connectivity index (χ1n) is 7.83. The average Bonchev–Trinajstić information content (AvgIpc) is 2.69. The lowest BCUT2D eigenvalue weighted by Gasteiger charge is -2.19. The van der Waals surface area contributed by atoms with Crippen LogP contribution < -0.4 is 5.32 Å². The molecule has 0 saturated carbocycles. The summed E-state index contributed by atoms with van der Waals surface area (Å²) in [4.78, 5) is 37.4. The number of nitrogens with zero attached hydrogens (tertiary/aromatic N) is 2. The number of carbonyl (C=O) groups is 3. The molecule has 0 bridgehead atoms. The number of hydrogen-bond donors (Lipinski definition) is 3. The summed E-state index contributed by atoms with van der Waals surface area (Å²) in [7, 11) is 3.83. The third-order valence-electron chi connectivity index (χ3n) is 3.65. The molecular formula is C17H23N3O5. The van der Waals surface area contributed by atoms with Gasteiger partial charge in [-0.2, -0.15) is 0 Å². The Bertz CT molecular complexity index is 629. The summed E-state index contributed by atoms with van der Waals surface area (Å²) < 4.78 is 0. The molecular weight excluding hydrogens is 326 g/mol. The molecule has 2 heterocycles. The van der Waals surface area contributed by atoms with Gasteiger partial charge in [-0.3, -0.25) is 9.78 Å². The molecule has 8 nitrogen and oxygen atoms in total. The minimum absolute atomic E-state index is 0.0973. The normalized spacial score (nSPS) is 16.6. The molecule has 1 aliphatic rings. The largest absolute Gasteiger partial charge is 0.478 e. The van der Waals surface area contributed by atoms with E-state index < -0.39 is 11.9 Å². The van der Waals surface area contributed by atoms with Gasteiger partial charge < -0.3 is 20.4 Å². The van der Waals surface area contributed by atoms with E-state index in [1.165, 1.54) is 0 Å². The molecule has 1 atom stereocenters. The van der Waals surface area contributed by atoms with E-state index in [1.54, 1.807) is 6.20 Å². The van der Waals surface area contributed by atoms with E-state index in [0.717, 1.165) is 37.2 Å². The Morgan fingerprint density at radius 1 is 1.36 bits per heavy atom. The smallest absolute Gasteiger partial charge is 0.328 e. The van der Waals surface area contributed by atoms with Crippen molar-refractivity contribution in [2.75, 3.05) is 27.2 Å². The fourth-order valence-corrected chi connectivity index (χ4v) is 2.49. The molecule has 0 fully saturated rings. The number of aliphatic carboxylic acids is 2. The van der Waals surface area contributed by atoms with Gasteiger partial charge in [0.2, 0.25) is 0 Å². The van der Waals surface area contributed by atoms with Crippen molar-refractivity contribution in [3.05, 3.63) is 41.7 Å². The molecule has 1 aromatic rings. The first-order valence-corrected chi connectivity index (χ1v) is 7.83. The van der Waals surface area contributed by atoms with E-state index in [-0.39, 0.29) is 5.91 Å². The highest BCUT2D eigenvalue weighted by Crippen LogP contribution is 2.21. The van der Waals surface area contributed by atoms with E-state index in [9.17, 15) is 14.4 Å². The van der Waals surface area contributed by atoms with Crippen molar-refractivity contribution < 1.29 is 24.6 Å². The number of aromatic nitrogens is 1. The lowest BCUT2D eigenvalue weighted by molar-refractivity contribution is -0.134. The van der Waals surface area contributed by atoms with E-state index >= 15 is 0 Å². The van der Waals surface area contributed by atoms with Crippen LogP contribution in [0.4, 0.5) is 0 Å². The van der Waals surface area contributed by atoms with Gasteiger partial charge >= 0.3 is 11.9 Å². The third-order valence-corrected chi connectivity index (χ3v) is 3.65. The van der Waals surface area contributed by atoms with Crippen molar-refractivity contribution in [1.82, 2.24) is 15.2 Å². The summed E-state index contributed by atoms with van der Waals surface area (Å²) in [6, 6.07) is 3.71. The Morgan fingerprint density at radius 3 is 2.56 bits per heavy atom. The van der Waals surface area contributed by atoms with Crippen LogP contribution in [0.15, 0.2) is 30.5 Å². The van der Waals surface area contributed by atoms with E-state index in [2.05, 4.69) is 10.3 Å². The first kappa shape index (κ1) is 20.3. The first-order chi connectivity index (χ1) is 11.8. The van der Waals surface area contributed by atoms with E-state index in [1.807, 2.05) is 31.1 Å². The Hall–Kier alpha value is -2.74. The Kier molecular flexibility index (Phi) is 8.28. The number of pyridine rings is 1. The standard InChI is InChI=1S/C13H19N3O.C4H4O4/c1-14-7-5-10-8-12-11(4-3-6-15-12)13(17)16(2)9-10;5-3(6)1-2-4(7)8/h3-4,6,10,14H,5,7-9H2,1-2H3;1-2H,(H,5,6)(H,7,8). The molecule has 1 amide bonds. The van der Waals surface area contributed by atoms with E-state index in [4.69, 9.17) is 10.2 Å². The van der Waals surface area contributed by atoms with Crippen LogP contribution in [0.3, 0.4) is 0 Å². The summed E-state index contributed by atoms with van der Waals surface area (Å²) in [5.41, 5.74) is 1.71. The van der Waals surface area contributed by atoms with Crippen molar-refractivity contribution in [3.63, 3.8) is 0 Å². The van der Waals surface area contributed by atoms with Crippen LogP contribution in [0.1, 0.15) is 22.5 Å². The second-order valence-corrected chi connectivity index (χ2v) is 5.66. The minimum atomic E-state index is -1.26. The van der Waals surface area contributed by atoms with Crippen molar-refractivity contribution in [3.8, 4) is 0 Å². The van der Waals surface area contributed by atoms with Crippen molar-refractivity contribution >= 4 is 17.8 Å². The van der Waals surface area contributed by atoms with Gasteiger partial charge in [0.25, 0.3) is 5.91 Å². The fraction of sp³-hybridized carbons (Fsp3) is 0.412. The number of rotatable bonds is 5. The van der Waals surface area contributed by atoms with Gasteiger partial charge in [-0.25, -0.2) is 9.59 Å². The highest BCUT2D eigenvalue weighted by molar-refractivity contribution is 5.95. The SMILES string of the molecule is CNCCC1Cc2ncccc2C(=O)N(C)C1.O=C(O)C=CC(=O)O. The lowest BCUT2D eigenvalue weighted by Crippen LogP contribution is -2.30. The van der Waals surface area contributed by atoms with Crippen LogP contribution in [0.5, 0.6) is 0 Å². The van der Waals surface area contributed by atoms with Gasteiger partial charge in [0.15, 0.2) is 0 Å². The molecule has 0 aromatic carbocycles. The van der Waals surface area contributed by atoms with Crippen LogP contribution in [0, 0.1) is 5.92 Å². The predicted octanol–water partition coefficient (Wildman–Crippen LogP) is 0.647. The van der Waals surface area contributed by atoms with Gasteiger partial charge in [0.1, 0.15) is 0 Å². The zero-order valence-corrected chi connectivity index (χ0v) is 14.3. The summed E-state index contributed by atoms with van der Waals surface area (Å²) in [5.74, 6) is -1.92. The number of carboxylic acid groups (broad SMARTS) is 2. The van der Waals surface area contributed by atoms with E-state index in [0.29, 0.717) is 18.1 Å². The summed E-state index contributed by atoms with van der Waals surface area (Å²) in [6.45, 7) is 1.80. The molecule has 0 aliphatic carbocycles. The molecule has 136 valence electrons. The van der Waals surface area contributed by atoms with Gasteiger partial charge in [-0.15, -0.1) is 0 Å². The molecule has 1 aromatic heterocycles. The molecule has 0 saturated heterocycles. The van der Waals surface area contributed by atoms with Gasteiger partial charge in [0.05, 0.1) is 11.3 Å². The summed E-state index contributed by atoms with van der Waals surface area (Å²) >= 11 is 0. The highest BCUT2D eigenvalue weighted by atomic mass is 16.4. The number of carbonyl (C=O) groups excluding carboxylic acids is 1. The molecule has 1 unspecified atom stereocenters. The summed E-state index contributed by atoms with van der Waals surface area (Å²) in [5, 5.41) is 18.8. The predicted molar refractivity (Wildman–Crippen MR) is 91.3 cm³/mol. The van der Waals surface area contributed by atoms with Crippen LogP contribution in [0.2, 0.25) is 0 Å². The second kappa shape index (κ2) is 10.2.